The Balaban J connectivity index is 2.14. The molecule has 0 unspecified atom stereocenters. The Bertz CT molecular complexity index is 835. The van der Waals surface area contributed by atoms with Gasteiger partial charge >= 0.3 is 0 Å². The zero-order chi connectivity index (χ0) is 16.2. The molecule has 0 atom stereocenters. The van der Waals surface area contributed by atoms with Gasteiger partial charge in [0.2, 0.25) is 5.91 Å². The smallest absolute Gasteiger partial charge is 0.227 e. The third kappa shape index (κ3) is 3.24. The van der Waals surface area contributed by atoms with Gasteiger partial charge in [0, 0.05) is 5.69 Å². The van der Waals surface area contributed by atoms with Gasteiger partial charge in [0.1, 0.15) is 5.82 Å². The van der Waals surface area contributed by atoms with Crippen molar-refractivity contribution in [2.75, 3.05) is 5.75 Å². The molecular formula is C16H13FN4OS. The van der Waals surface area contributed by atoms with Crippen molar-refractivity contribution >= 4 is 17.7 Å². The van der Waals surface area contributed by atoms with Crippen LogP contribution in [0.2, 0.25) is 0 Å². The van der Waals surface area contributed by atoms with Crippen LogP contribution < -0.4 is 5.73 Å². The van der Waals surface area contributed by atoms with Crippen molar-refractivity contribution in [3.8, 4) is 17.1 Å². The van der Waals surface area contributed by atoms with Crippen molar-refractivity contribution in [2.45, 2.75) is 5.16 Å². The second-order valence-electron chi connectivity index (χ2n) is 4.71. The predicted molar refractivity (Wildman–Crippen MR) is 86.7 cm³/mol. The van der Waals surface area contributed by atoms with Gasteiger partial charge < -0.3 is 5.73 Å². The fourth-order valence-electron chi connectivity index (χ4n) is 2.13. The van der Waals surface area contributed by atoms with E-state index in [2.05, 4.69) is 10.2 Å². The minimum absolute atomic E-state index is 0.0717. The first-order valence-electron chi connectivity index (χ1n) is 6.83. The molecule has 5 nitrogen and oxygen atoms in total. The highest BCUT2D eigenvalue weighted by Crippen LogP contribution is 2.29. The first-order valence-corrected chi connectivity index (χ1v) is 7.82. The Morgan fingerprint density at radius 1 is 1.09 bits per heavy atom. The zero-order valence-corrected chi connectivity index (χ0v) is 12.8. The lowest BCUT2D eigenvalue weighted by Crippen LogP contribution is -2.13. The van der Waals surface area contributed by atoms with E-state index in [0.717, 1.165) is 17.4 Å². The Morgan fingerprint density at radius 2 is 1.78 bits per heavy atom. The van der Waals surface area contributed by atoms with E-state index in [4.69, 9.17) is 5.73 Å². The number of amides is 1. The van der Waals surface area contributed by atoms with Gasteiger partial charge in [0.25, 0.3) is 0 Å². The normalized spacial score (nSPS) is 10.7. The Kier molecular flexibility index (Phi) is 4.38. The number of carbonyl (C=O) groups excluding carboxylic acids is 1. The molecule has 0 bridgehead atoms. The summed E-state index contributed by atoms with van der Waals surface area (Å²) in [5.74, 6) is -0.391. The summed E-state index contributed by atoms with van der Waals surface area (Å²) < 4.78 is 15.8. The van der Waals surface area contributed by atoms with Crippen molar-refractivity contribution in [1.29, 1.82) is 0 Å². The number of nitrogens with zero attached hydrogens (tertiary/aromatic N) is 3. The molecule has 0 saturated carbocycles. The molecule has 116 valence electrons. The Morgan fingerprint density at radius 3 is 2.48 bits per heavy atom. The Labute approximate surface area is 136 Å². The van der Waals surface area contributed by atoms with Gasteiger partial charge in [0.05, 0.1) is 11.3 Å². The summed E-state index contributed by atoms with van der Waals surface area (Å²) in [6, 6.07) is 15.7. The quantitative estimate of drug-likeness (QED) is 0.731. The van der Waals surface area contributed by atoms with Gasteiger partial charge in [-0.25, -0.2) is 4.39 Å². The molecule has 0 radical (unpaired) electrons. The van der Waals surface area contributed by atoms with E-state index in [0.29, 0.717) is 16.5 Å². The molecule has 0 aliphatic carbocycles. The van der Waals surface area contributed by atoms with Gasteiger partial charge in [-0.2, -0.15) is 0 Å². The van der Waals surface area contributed by atoms with E-state index in [-0.39, 0.29) is 11.6 Å². The molecule has 1 heterocycles. The maximum absolute atomic E-state index is 14.1. The average molecular weight is 328 g/mol. The van der Waals surface area contributed by atoms with E-state index in [1.807, 2.05) is 30.3 Å². The molecule has 3 rings (SSSR count). The number of benzene rings is 2. The first-order chi connectivity index (χ1) is 11.2. The lowest BCUT2D eigenvalue weighted by atomic mass is 10.2. The summed E-state index contributed by atoms with van der Waals surface area (Å²) in [5, 5.41) is 8.66. The van der Waals surface area contributed by atoms with Crippen LogP contribution in [0.15, 0.2) is 59.8 Å². The van der Waals surface area contributed by atoms with Crippen molar-refractivity contribution < 1.29 is 9.18 Å². The minimum Gasteiger partial charge on any atom is -0.369 e. The summed E-state index contributed by atoms with van der Waals surface area (Å²) in [6.07, 6.45) is 0. The highest BCUT2D eigenvalue weighted by molar-refractivity contribution is 7.99. The molecule has 0 fully saturated rings. The second kappa shape index (κ2) is 6.62. The van der Waals surface area contributed by atoms with E-state index in [9.17, 15) is 9.18 Å². The number of halogens is 1. The Hall–Kier alpha value is -2.67. The van der Waals surface area contributed by atoms with Gasteiger partial charge in [-0.3, -0.25) is 9.36 Å². The molecule has 2 N–H and O–H groups in total. The highest BCUT2D eigenvalue weighted by Gasteiger charge is 2.18. The van der Waals surface area contributed by atoms with Crippen LogP contribution in [0.3, 0.4) is 0 Å². The van der Waals surface area contributed by atoms with Crippen molar-refractivity contribution in [1.82, 2.24) is 14.8 Å². The van der Waals surface area contributed by atoms with Crippen molar-refractivity contribution in [2.24, 2.45) is 5.73 Å². The van der Waals surface area contributed by atoms with Crippen LogP contribution in [0.4, 0.5) is 4.39 Å². The maximum atomic E-state index is 14.1. The van der Waals surface area contributed by atoms with Crippen LogP contribution in [-0.2, 0) is 4.79 Å². The molecule has 0 spiro atoms. The second-order valence-corrected chi connectivity index (χ2v) is 5.65. The molecule has 1 aromatic heterocycles. The largest absolute Gasteiger partial charge is 0.369 e. The number of thioether (sulfide) groups is 1. The lowest BCUT2D eigenvalue weighted by molar-refractivity contribution is -0.115. The summed E-state index contributed by atoms with van der Waals surface area (Å²) in [7, 11) is 0. The predicted octanol–water partition coefficient (Wildman–Crippen LogP) is 2.65. The van der Waals surface area contributed by atoms with Crippen molar-refractivity contribution in [3.05, 3.63) is 60.4 Å². The fraction of sp³-hybridized carbons (Fsp3) is 0.0625. The topological polar surface area (TPSA) is 73.8 Å². The van der Waals surface area contributed by atoms with E-state index >= 15 is 0 Å². The van der Waals surface area contributed by atoms with E-state index in [1.54, 1.807) is 22.8 Å². The number of hydrogen-bond acceptors (Lipinski definition) is 4. The molecule has 2 aromatic carbocycles. The zero-order valence-electron chi connectivity index (χ0n) is 12.0. The van der Waals surface area contributed by atoms with E-state index in [1.165, 1.54) is 6.07 Å². The number of hydrogen-bond donors (Lipinski definition) is 1. The summed E-state index contributed by atoms with van der Waals surface area (Å²) in [5.41, 5.74) is 6.32. The number of para-hydroxylation sites is 1. The molecule has 23 heavy (non-hydrogen) atoms. The molecule has 7 heteroatoms. The summed E-state index contributed by atoms with van der Waals surface area (Å²) >= 11 is 1.16. The van der Waals surface area contributed by atoms with Gasteiger partial charge in [-0.15, -0.1) is 10.2 Å². The summed E-state index contributed by atoms with van der Waals surface area (Å²) in [4.78, 5) is 11.0. The van der Waals surface area contributed by atoms with Crippen LogP contribution in [0.1, 0.15) is 0 Å². The third-order valence-corrected chi connectivity index (χ3v) is 4.06. The molecule has 0 aliphatic heterocycles. The third-order valence-electron chi connectivity index (χ3n) is 3.11. The van der Waals surface area contributed by atoms with Gasteiger partial charge in [0.15, 0.2) is 11.0 Å². The first kappa shape index (κ1) is 15.2. The minimum atomic E-state index is -0.454. The highest BCUT2D eigenvalue weighted by atomic mass is 32.2. The van der Waals surface area contributed by atoms with E-state index < -0.39 is 5.91 Å². The standard InChI is InChI=1S/C16H13FN4OS/c17-13-9-5-4-8-12(13)15-19-20-16(23-10-14(18)22)21(15)11-6-2-1-3-7-11/h1-9H,10H2,(H2,18,22). The molecule has 0 saturated heterocycles. The molecule has 1 amide bonds. The van der Waals surface area contributed by atoms with Crippen LogP contribution >= 0.6 is 11.8 Å². The fourth-order valence-corrected chi connectivity index (χ4v) is 2.82. The number of rotatable bonds is 5. The number of aromatic nitrogens is 3. The van der Waals surface area contributed by atoms with Crippen LogP contribution in [0, 0.1) is 5.82 Å². The monoisotopic (exact) mass is 328 g/mol. The van der Waals surface area contributed by atoms with Gasteiger partial charge in [-0.1, -0.05) is 42.1 Å². The van der Waals surface area contributed by atoms with Crippen LogP contribution in [0.5, 0.6) is 0 Å². The van der Waals surface area contributed by atoms with Crippen molar-refractivity contribution in [3.63, 3.8) is 0 Å². The van der Waals surface area contributed by atoms with Crippen LogP contribution in [-0.4, -0.2) is 26.4 Å². The van der Waals surface area contributed by atoms with Gasteiger partial charge in [-0.05, 0) is 24.3 Å². The number of primary amides is 1. The SMILES string of the molecule is NC(=O)CSc1nnc(-c2ccccc2F)n1-c1ccccc1. The lowest BCUT2D eigenvalue weighted by Gasteiger charge is -2.10. The average Bonchev–Trinajstić information content (AvgIpc) is 2.98. The molecule has 3 aromatic rings. The summed E-state index contributed by atoms with van der Waals surface area (Å²) in [6.45, 7) is 0. The van der Waals surface area contributed by atoms with Crippen LogP contribution in [0.25, 0.3) is 17.1 Å². The number of carbonyl (C=O) groups is 1. The number of nitrogens with two attached hydrogens (primary N) is 1. The molecular weight excluding hydrogens is 315 g/mol. The molecule has 0 aliphatic rings. The maximum Gasteiger partial charge on any atom is 0.227 e.